The van der Waals surface area contributed by atoms with Crippen LogP contribution in [0.4, 0.5) is 0 Å². The first-order valence-electron chi connectivity index (χ1n) is 8.32. The number of benzene rings is 3. The molecule has 3 rings (SSSR count). The molecule has 0 heterocycles. The Labute approximate surface area is 165 Å². The lowest BCUT2D eigenvalue weighted by Gasteiger charge is -2.16. The van der Waals surface area contributed by atoms with E-state index in [1.807, 2.05) is 36.4 Å². The minimum Gasteiger partial charge on any atom is -0.488 e. The van der Waals surface area contributed by atoms with Gasteiger partial charge in [0, 0.05) is 10.0 Å². The van der Waals surface area contributed by atoms with Gasteiger partial charge in [0.15, 0.2) is 6.29 Å². The third-order valence-corrected chi connectivity index (χ3v) is 5.07. The highest BCUT2D eigenvalue weighted by molar-refractivity contribution is 9.10. The van der Waals surface area contributed by atoms with Crippen molar-refractivity contribution in [1.29, 1.82) is 0 Å². The number of hydrogen-bond acceptors (Lipinski definition) is 4. The van der Waals surface area contributed by atoms with Crippen LogP contribution in [0.3, 0.4) is 0 Å². The van der Waals surface area contributed by atoms with Crippen LogP contribution < -0.4 is 9.47 Å². The Balaban J connectivity index is 1.95. The number of carbonyl (C=O) groups is 2. The zero-order chi connectivity index (χ0) is 19.2. The van der Waals surface area contributed by atoms with Gasteiger partial charge in [-0.3, -0.25) is 4.79 Å². The van der Waals surface area contributed by atoms with Gasteiger partial charge in [-0.2, -0.15) is 0 Å². The number of para-hydroxylation sites is 1. The van der Waals surface area contributed by atoms with Crippen molar-refractivity contribution in [3.8, 4) is 11.5 Å². The number of halogens is 1. The molecule has 0 unspecified atom stereocenters. The summed E-state index contributed by atoms with van der Waals surface area (Å²) in [5, 5.41) is 0. The van der Waals surface area contributed by atoms with E-state index < -0.39 is 5.97 Å². The zero-order valence-corrected chi connectivity index (χ0v) is 16.2. The Bertz CT molecular complexity index is 953. The van der Waals surface area contributed by atoms with Crippen LogP contribution in [-0.4, -0.2) is 12.3 Å². The topological polar surface area (TPSA) is 52.6 Å². The molecule has 0 spiro atoms. The summed E-state index contributed by atoms with van der Waals surface area (Å²) in [6.07, 6.45) is 0.721. The molecule has 0 atom stereocenters. The van der Waals surface area contributed by atoms with Crippen molar-refractivity contribution in [2.24, 2.45) is 0 Å². The van der Waals surface area contributed by atoms with Crippen molar-refractivity contribution >= 4 is 28.2 Å². The molecule has 27 heavy (non-hydrogen) atoms. The fourth-order valence-corrected chi connectivity index (χ4v) is 3.03. The predicted molar refractivity (Wildman–Crippen MR) is 106 cm³/mol. The standard InChI is InChI=1S/C22H17BrO4/c1-15-20(22(25)27-18-10-6-3-7-11-18)19(12-17(13-24)21(15)23)26-14-16-8-4-2-5-9-16/h2-13H,14H2,1H3. The lowest BCUT2D eigenvalue weighted by Crippen LogP contribution is -2.14. The van der Waals surface area contributed by atoms with Gasteiger partial charge in [0.2, 0.25) is 0 Å². The maximum Gasteiger partial charge on any atom is 0.347 e. The Morgan fingerprint density at radius 3 is 2.30 bits per heavy atom. The van der Waals surface area contributed by atoms with Gasteiger partial charge in [-0.15, -0.1) is 0 Å². The van der Waals surface area contributed by atoms with Crippen LogP contribution in [0.25, 0.3) is 0 Å². The third-order valence-electron chi connectivity index (χ3n) is 4.01. The molecule has 4 nitrogen and oxygen atoms in total. The Hall–Kier alpha value is -2.92. The highest BCUT2D eigenvalue weighted by Crippen LogP contribution is 2.33. The second kappa shape index (κ2) is 8.64. The summed E-state index contributed by atoms with van der Waals surface area (Å²) in [5.74, 6) is 0.203. The molecule has 0 aliphatic carbocycles. The molecule has 0 bridgehead atoms. The molecule has 3 aromatic carbocycles. The molecule has 0 radical (unpaired) electrons. The van der Waals surface area contributed by atoms with Crippen molar-refractivity contribution in [3.63, 3.8) is 0 Å². The molecular formula is C22H17BrO4. The maximum absolute atomic E-state index is 12.8. The smallest absolute Gasteiger partial charge is 0.347 e. The van der Waals surface area contributed by atoms with Crippen molar-refractivity contribution in [3.05, 3.63) is 93.5 Å². The van der Waals surface area contributed by atoms with E-state index in [0.717, 1.165) is 11.8 Å². The van der Waals surface area contributed by atoms with Gasteiger partial charge in [-0.05, 0) is 52.2 Å². The molecule has 0 aliphatic heterocycles. The number of carbonyl (C=O) groups excluding carboxylic acids is 2. The Kier molecular flexibility index (Phi) is 6.04. The monoisotopic (exact) mass is 424 g/mol. The first-order valence-corrected chi connectivity index (χ1v) is 9.11. The SMILES string of the molecule is Cc1c(Br)c(C=O)cc(OCc2ccccc2)c1C(=O)Oc1ccccc1. The van der Waals surface area contributed by atoms with Crippen LogP contribution in [-0.2, 0) is 6.61 Å². The minimum absolute atomic E-state index is 0.270. The van der Waals surface area contributed by atoms with Crippen LogP contribution >= 0.6 is 15.9 Å². The first kappa shape index (κ1) is 18.9. The molecular weight excluding hydrogens is 408 g/mol. The predicted octanol–water partition coefficient (Wildman–Crippen LogP) is 5.37. The molecule has 0 amide bonds. The summed E-state index contributed by atoms with van der Waals surface area (Å²) >= 11 is 3.38. The summed E-state index contributed by atoms with van der Waals surface area (Å²) in [4.78, 5) is 24.2. The fraction of sp³-hybridized carbons (Fsp3) is 0.0909. The molecule has 0 saturated heterocycles. The lowest BCUT2D eigenvalue weighted by molar-refractivity contribution is 0.0728. The van der Waals surface area contributed by atoms with E-state index in [-0.39, 0.29) is 12.2 Å². The first-order chi connectivity index (χ1) is 13.1. The van der Waals surface area contributed by atoms with Gasteiger partial charge < -0.3 is 9.47 Å². The quantitative estimate of drug-likeness (QED) is 0.303. The molecule has 0 aromatic heterocycles. The molecule has 136 valence electrons. The van der Waals surface area contributed by atoms with E-state index in [1.54, 1.807) is 37.3 Å². The van der Waals surface area contributed by atoms with Gasteiger partial charge in [0.1, 0.15) is 23.7 Å². The van der Waals surface area contributed by atoms with E-state index in [2.05, 4.69) is 15.9 Å². The molecule has 0 aliphatic rings. The zero-order valence-electron chi connectivity index (χ0n) is 14.6. The average molecular weight is 425 g/mol. The highest BCUT2D eigenvalue weighted by atomic mass is 79.9. The minimum atomic E-state index is -0.542. The normalized spacial score (nSPS) is 10.3. The average Bonchev–Trinajstić information content (AvgIpc) is 2.70. The summed E-state index contributed by atoms with van der Waals surface area (Å²) in [6, 6.07) is 19.9. The van der Waals surface area contributed by atoms with E-state index >= 15 is 0 Å². The molecule has 5 heteroatoms. The molecule has 0 fully saturated rings. The van der Waals surface area contributed by atoms with Crippen LogP contribution in [0.15, 0.2) is 71.2 Å². The van der Waals surface area contributed by atoms with Crippen LogP contribution in [0, 0.1) is 6.92 Å². The summed E-state index contributed by atoms with van der Waals surface area (Å²) in [7, 11) is 0. The largest absolute Gasteiger partial charge is 0.488 e. The molecule has 0 N–H and O–H groups in total. The number of hydrogen-bond donors (Lipinski definition) is 0. The van der Waals surface area contributed by atoms with Gasteiger partial charge in [-0.1, -0.05) is 48.5 Å². The van der Waals surface area contributed by atoms with Gasteiger partial charge in [-0.25, -0.2) is 4.79 Å². The number of ether oxygens (including phenoxy) is 2. The van der Waals surface area contributed by atoms with E-state index in [0.29, 0.717) is 27.1 Å². The lowest BCUT2D eigenvalue weighted by atomic mass is 10.0. The number of esters is 1. The van der Waals surface area contributed by atoms with Crippen LogP contribution in [0.1, 0.15) is 31.8 Å². The van der Waals surface area contributed by atoms with E-state index in [9.17, 15) is 9.59 Å². The van der Waals surface area contributed by atoms with Crippen molar-refractivity contribution < 1.29 is 19.1 Å². The van der Waals surface area contributed by atoms with Crippen molar-refractivity contribution in [2.75, 3.05) is 0 Å². The van der Waals surface area contributed by atoms with E-state index in [1.165, 1.54) is 0 Å². The van der Waals surface area contributed by atoms with Crippen molar-refractivity contribution in [1.82, 2.24) is 0 Å². The summed E-state index contributed by atoms with van der Waals surface area (Å²) < 4.78 is 11.9. The third kappa shape index (κ3) is 4.44. The molecule has 0 saturated carbocycles. The van der Waals surface area contributed by atoms with Gasteiger partial charge in [0.25, 0.3) is 0 Å². The highest BCUT2D eigenvalue weighted by Gasteiger charge is 2.22. The summed E-state index contributed by atoms with van der Waals surface area (Å²) in [5.41, 5.74) is 2.23. The second-order valence-corrected chi connectivity index (χ2v) is 6.67. The second-order valence-electron chi connectivity index (χ2n) is 5.87. The van der Waals surface area contributed by atoms with Gasteiger partial charge >= 0.3 is 5.97 Å². The van der Waals surface area contributed by atoms with Crippen LogP contribution in [0.2, 0.25) is 0 Å². The number of rotatable bonds is 6. The maximum atomic E-state index is 12.8. The summed E-state index contributed by atoms with van der Waals surface area (Å²) in [6.45, 7) is 2.01. The Morgan fingerprint density at radius 1 is 1.04 bits per heavy atom. The number of aldehydes is 1. The Morgan fingerprint density at radius 2 is 1.67 bits per heavy atom. The molecule has 3 aromatic rings. The fourth-order valence-electron chi connectivity index (χ4n) is 2.62. The van der Waals surface area contributed by atoms with Gasteiger partial charge in [0.05, 0.1) is 0 Å². The van der Waals surface area contributed by atoms with Crippen molar-refractivity contribution in [2.45, 2.75) is 13.5 Å². The van der Waals surface area contributed by atoms with E-state index in [4.69, 9.17) is 9.47 Å². The van der Waals surface area contributed by atoms with Crippen LogP contribution in [0.5, 0.6) is 11.5 Å².